The molecule has 0 radical (unpaired) electrons. The number of ether oxygens (including phenoxy) is 1. The molecule has 0 saturated carbocycles. The minimum atomic E-state index is 0. The predicted molar refractivity (Wildman–Crippen MR) is 38.6 cm³/mol. The van der Waals surface area contributed by atoms with Crippen LogP contribution in [0.4, 0.5) is 0 Å². The Labute approximate surface area is 76.0 Å². The van der Waals surface area contributed by atoms with Gasteiger partial charge in [0.1, 0.15) is 5.75 Å². The van der Waals surface area contributed by atoms with Crippen LogP contribution in [0.1, 0.15) is 5.56 Å². The van der Waals surface area contributed by atoms with Crippen molar-refractivity contribution in [2.75, 3.05) is 0 Å². The molecule has 0 bridgehead atoms. The summed E-state index contributed by atoms with van der Waals surface area (Å²) in [4.78, 5) is 0. The molecule has 0 fully saturated rings. The van der Waals surface area contributed by atoms with Crippen LogP contribution >= 0.6 is 0 Å². The second-order valence-corrected chi connectivity index (χ2v) is 2.22. The van der Waals surface area contributed by atoms with Gasteiger partial charge in [-0.1, -0.05) is 24.5 Å². The van der Waals surface area contributed by atoms with Crippen molar-refractivity contribution in [1.29, 1.82) is 0 Å². The molecule has 0 aromatic heterocycles. The fourth-order valence-corrected chi connectivity index (χ4v) is 1.02. The van der Waals surface area contributed by atoms with Crippen LogP contribution in [0.5, 0.6) is 5.75 Å². The monoisotopic (exact) mass is 189 g/mol. The molecule has 0 atom stereocenters. The van der Waals surface area contributed by atoms with Gasteiger partial charge in [-0.25, -0.2) is 0 Å². The van der Waals surface area contributed by atoms with Crippen molar-refractivity contribution in [3.63, 3.8) is 0 Å². The summed E-state index contributed by atoms with van der Waals surface area (Å²) >= 11 is 0. The van der Waals surface area contributed by atoms with E-state index < -0.39 is 0 Å². The van der Waals surface area contributed by atoms with E-state index in [0.29, 0.717) is 0 Å². The van der Waals surface area contributed by atoms with Crippen LogP contribution in [-0.4, -0.2) is 0 Å². The first-order valence-corrected chi connectivity index (χ1v) is 3.26. The van der Waals surface area contributed by atoms with Crippen LogP contribution in [0, 0.1) is 6.08 Å². The molecular formula is C9H7NiO-. The molecule has 1 aromatic carbocycles. The summed E-state index contributed by atoms with van der Waals surface area (Å²) in [6, 6.07) is 8.00. The molecule has 2 rings (SSSR count). The molecular weight excluding hydrogens is 183 g/mol. The zero-order chi connectivity index (χ0) is 6.81. The second kappa shape index (κ2) is 3.59. The Morgan fingerprint density at radius 3 is 2.91 bits per heavy atom. The Morgan fingerprint density at radius 2 is 2.09 bits per heavy atom. The molecule has 1 aliphatic rings. The maximum atomic E-state index is 5.19. The summed E-state index contributed by atoms with van der Waals surface area (Å²) in [7, 11) is 0. The van der Waals surface area contributed by atoms with Crippen molar-refractivity contribution >= 4 is 0 Å². The van der Waals surface area contributed by atoms with Gasteiger partial charge in [0.15, 0.2) is 0 Å². The summed E-state index contributed by atoms with van der Waals surface area (Å²) in [6.07, 6.45) is 5.48. The zero-order valence-corrected chi connectivity index (χ0v) is 6.81. The van der Waals surface area contributed by atoms with Gasteiger partial charge in [0.25, 0.3) is 0 Å². The molecule has 1 aliphatic heterocycles. The van der Waals surface area contributed by atoms with Crippen LogP contribution in [0.3, 0.4) is 0 Å². The summed E-state index contributed by atoms with van der Waals surface area (Å²) in [5.41, 5.74) is 1.21. The minimum Gasteiger partial charge on any atom is -0.502 e. The molecule has 0 spiro atoms. The van der Waals surface area contributed by atoms with Crippen LogP contribution in [-0.2, 0) is 22.9 Å². The van der Waals surface area contributed by atoms with Crippen LogP contribution < -0.4 is 4.74 Å². The van der Waals surface area contributed by atoms with Crippen molar-refractivity contribution in [1.82, 2.24) is 0 Å². The number of hydrogen-bond donors (Lipinski definition) is 0. The van der Waals surface area contributed by atoms with E-state index in [2.05, 4.69) is 12.1 Å². The Balaban J connectivity index is 0.000000605. The quantitative estimate of drug-likeness (QED) is 0.448. The van der Waals surface area contributed by atoms with Crippen molar-refractivity contribution in [3.05, 3.63) is 42.2 Å². The standard InChI is InChI=1S/C9H7O.Ni/c1-2-6-9-8(4-1)5-3-7-10-9;/h1-2,4,6-7H,5H2;/q-1;. The number of rotatable bonds is 0. The van der Waals surface area contributed by atoms with E-state index in [4.69, 9.17) is 4.74 Å². The molecule has 1 heterocycles. The van der Waals surface area contributed by atoms with Crippen molar-refractivity contribution < 1.29 is 21.2 Å². The average molecular weight is 190 g/mol. The Kier molecular flexibility index (Phi) is 2.72. The Hall–Kier alpha value is -0.746. The van der Waals surface area contributed by atoms with Gasteiger partial charge in [-0.2, -0.15) is 6.42 Å². The number of hydrogen-bond acceptors (Lipinski definition) is 1. The van der Waals surface area contributed by atoms with Gasteiger partial charge in [-0.3, -0.25) is 0 Å². The molecule has 1 nitrogen and oxygen atoms in total. The first-order chi connectivity index (χ1) is 4.97. The van der Waals surface area contributed by atoms with Crippen molar-refractivity contribution in [2.24, 2.45) is 0 Å². The van der Waals surface area contributed by atoms with Gasteiger partial charge >= 0.3 is 0 Å². The molecule has 60 valence electrons. The van der Waals surface area contributed by atoms with Gasteiger partial charge in [0, 0.05) is 16.5 Å². The maximum Gasteiger partial charge on any atom is 0.122 e. The topological polar surface area (TPSA) is 9.23 Å². The largest absolute Gasteiger partial charge is 0.502 e. The average Bonchev–Trinajstić information content (AvgIpc) is 2.05. The molecule has 0 amide bonds. The Bertz CT molecular complexity index is 241. The first-order valence-electron chi connectivity index (χ1n) is 3.26. The predicted octanol–water partition coefficient (Wildman–Crippen LogP) is 1.94. The summed E-state index contributed by atoms with van der Waals surface area (Å²) < 4.78 is 5.19. The number of para-hydroxylation sites is 1. The molecule has 0 N–H and O–H groups in total. The molecule has 0 saturated heterocycles. The molecule has 0 unspecified atom stereocenters. The smallest absolute Gasteiger partial charge is 0.122 e. The fraction of sp³-hybridized carbons (Fsp3) is 0.111. The van der Waals surface area contributed by atoms with Gasteiger partial charge in [-0.15, -0.1) is 0 Å². The van der Waals surface area contributed by atoms with E-state index in [-0.39, 0.29) is 16.5 Å². The SMILES string of the molecule is [C-]1=COc2ccccc2C1.[Ni]. The maximum absolute atomic E-state index is 5.19. The summed E-state index contributed by atoms with van der Waals surface area (Å²) in [5, 5.41) is 0. The fourth-order valence-electron chi connectivity index (χ4n) is 1.02. The second-order valence-electron chi connectivity index (χ2n) is 2.22. The van der Waals surface area contributed by atoms with E-state index in [9.17, 15) is 0 Å². The molecule has 2 heteroatoms. The van der Waals surface area contributed by atoms with Gasteiger partial charge in [0.05, 0.1) is 0 Å². The summed E-state index contributed by atoms with van der Waals surface area (Å²) in [6.45, 7) is 0. The number of benzene rings is 1. The molecule has 1 aromatic rings. The van der Waals surface area contributed by atoms with Crippen LogP contribution in [0.2, 0.25) is 0 Å². The van der Waals surface area contributed by atoms with E-state index >= 15 is 0 Å². The van der Waals surface area contributed by atoms with E-state index in [1.54, 1.807) is 6.26 Å². The molecule has 0 aliphatic carbocycles. The van der Waals surface area contributed by atoms with Gasteiger partial charge in [-0.05, 0) is 11.6 Å². The van der Waals surface area contributed by atoms with E-state index in [0.717, 1.165) is 12.2 Å². The van der Waals surface area contributed by atoms with Crippen LogP contribution in [0.25, 0.3) is 0 Å². The number of allylic oxidation sites excluding steroid dienone is 1. The first kappa shape index (κ1) is 8.35. The van der Waals surface area contributed by atoms with Gasteiger partial charge in [0.2, 0.25) is 0 Å². The number of fused-ring (bicyclic) bond motifs is 1. The minimum absolute atomic E-state index is 0. The van der Waals surface area contributed by atoms with E-state index in [1.165, 1.54) is 5.56 Å². The third-order valence-corrected chi connectivity index (χ3v) is 1.53. The van der Waals surface area contributed by atoms with Gasteiger partial charge < -0.3 is 10.8 Å². The third kappa shape index (κ3) is 1.64. The van der Waals surface area contributed by atoms with Crippen molar-refractivity contribution in [2.45, 2.75) is 6.42 Å². The summed E-state index contributed by atoms with van der Waals surface area (Å²) in [5.74, 6) is 0.959. The zero-order valence-electron chi connectivity index (χ0n) is 5.82. The normalized spacial score (nSPS) is 12.7. The Morgan fingerprint density at radius 1 is 1.27 bits per heavy atom. The third-order valence-electron chi connectivity index (χ3n) is 1.53. The van der Waals surface area contributed by atoms with Crippen LogP contribution in [0.15, 0.2) is 30.5 Å². The van der Waals surface area contributed by atoms with E-state index in [1.807, 2.05) is 18.2 Å². The van der Waals surface area contributed by atoms with Crippen molar-refractivity contribution in [3.8, 4) is 5.75 Å². The molecule has 11 heavy (non-hydrogen) atoms.